The highest BCUT2D eigenvalue weighted by Crippen LogP contribution is 2.34. The predicted octanol–water partition coefficient (Wildman–Crippen LogP) is 2.30. The molecule has 0 bridgehead atoms. The fourth-order valence-electron chi connectivity index (χ4n) is 2.38. The number of aliphatic carboxylic acids is 1. The second kappa shape index (κ2) is 6.03. The number of likely N-dealkylation sites (tertiary alicyclic amines) is 1. The van der Waals surface area contributed by atoms with Crippen molar-refractivity contribution < 1.29 is 14.7 Å². The van der Waals surface area contributed by atoms with Crippen molar-refractivity contribution >= 4 is 11.9 Å². The standard InChI is InChI=1S/C14H23NO3/c1-14(2,3)11-6-7-12(16)15(10-8-11)9-4-5-13(17)18/h4-5,11H,6-10H2,1-3H3,(H,17,18). The number of carboxylic acid groups (broad SMARTS) is 1. The Balaban J connectivity index is 2.57. The van der Waals surface area contributed by atoms with Crippen molar-refractivity contribution in [3.05, 3.63) is 12.2 Å². The summed E-state index contributed by atoms with van der Waals surface area (Å²) in [5, 5.41) is 8.52. The first kappa shape index (κ1) is 14.7. The first-order chi connectivity index (χ1) is 8.30. The van der Waals surface area contributed by atoms with Gasteiger partial charge in [0.15, 0.2) is 0 Å². The van der Waals surface area contributed by atoms with Crippen molar-refractivity contribution in [2.75, 3.05) is 13.1 Å². The normalized spacial score (nSPS) is 22.3. The number of rotatable bonds is 3. The van der Waals surface area contributed by atoms with Crippen LogP contribution in [0.1, 0.15) is 40.0 Å². The lowest BCUT2D eigenvalue weighted by atomic mass is 9.77. The van der Waals surface area contributed by atoms with E-state index in [1.165, 1.54) is 6.08 Å². The zero-order valence-electron chi connectivity index (χ0n) is 11.5. The highest BCUT2D eigenvalue weighted by atomic mass is 16.4. The molecule has 1 saturated heterocycles. The molecular weight excluding hydrogens is 230 g/mol. The largest absolute Gasteiger partial charge is 0.478 e. The zero-order valence-corrected chi connectivity index (χ0v) is 11.5. The molecule has 1 aliphatic rings. The van der Waals surface area contributed by atoms with Crippen LogP contribution in [0.25, 0.3) is 0 Å². The van der Waals surface area contributed by atoms with Gasteiger partial charge in [0.2, 0.25) is 5.91 Å². The molecule has 1 heterocycles. The molecule has 1 amide bonds. The minimum atomic E-state index is -0.968. The van der Waals surface area contributed by atoms with Crippen molar-refractivity contribution in [3.63, 3.8) is 0 Å². The van der Waals surface area contributed by atoms with E-state index in [9.17, 15) is 9.59 Å². The van der Waals surface area contributed by atoms with Crippen molar-refractivity contribution in [1.82, 2.24) is 4.90 Å². The number of hydrogen-bond donors (Lipinski definition) is 1. The van der Waals surface area contributed by atoms with E-state index in [-0.39, 0.29) is 11.3 Å². The van der Waals surface area contributed by atoms with Crippen molar-refractivity contribution in [2.45, 2.75) is 40.0 Å². The average Bonchev–Trinajstić information content (AvgIpc) is 2.40. The summed E-state index contributed by atoms with van der Waals surface area (Å²) in [4.78, 5) is 24.0. The predicted molar refractivity (Wildman–Crippen MR) is 70.2 cm³/mol. The Labute approximate surface area is 109 Å². The third kappa shape index (κ3) is 4.51. The minimum absolute atomic E-state index is 0.136. The van der Waals surface area contributed by atoms with Gasteiger partial charge in [-0.05, 0) is 24.2 Å². The van der Waals surface area contributed by atoms with E-state index in [0.717, 1.165) is 25.5 Å². The van der Waals surface area contributed by atoms with Gasteiger partial charge in [-0.3, -0.25) is 4.79 Å². The SMILES string of the molecule is CC(C)(C)C1CCC(=O)N(CC=CC(=O)O)CC1. The highest BCUT2D eigenvalue weighted by Gasteiger charge is 2.29. The van der Waals surface area contributed by atoms with Gasteiger partial charge in [-0.15, -0.1) is 0 Å². The summed E-state index contributed by atoms with van der Waals surface area (Å²) in [6.45, 7) is 7.76. The quantitative estimate of drug-likeness (QED) is 0.785. The molecule has 0 aromatic rings. The average molecular weight is 253 g/mol. The molecular formula is C14H23NO3. The van der Waals surface area contributed by atoms with Gasteiger partial charge in [-0.25, -0.2) is 4.79 Å². The lowest BCUT2D eigenvalue weighted by Crippen LogP contribution is -2.30. The molecule has 1 aliphatic heterocycles. The van der Waals surface area contributed by atoms with Gasteiger partial charge in [0, 0.05) is 25.6 Å². The number of hydrogen-bond acceptors (Lipinski definition) is 2. The van der Waals surface area contributed by atoms with E-state index in [1.807, 2.05) is 0 Å². The van der Waals surface area contributed by atoms with Crippen LogP contribution in [0.5, 0.6) is 0 Å². The zero-order chi connectivity index (χ0) is 13.8. The van der Waals surface area contributed by atoms with Crippen LogP contribution in [0.3, 0.4) is 0 Å². The molecule has 1 unspecified atom stereocenters. The van der Waals surface area contributed by atoms with E-state index >= 15 is 0 Å². The Hall–Kier alpha value is -1.32. The highest BCUT2D eigenvalue weighted by molar-refractivity contribution is 5.80. The molecule has 0 radical (unpaired) electrons. The lowest BCUT2D eigenvalue weighted by molar-refractivity contribution is -0.132. The van der Waals surface area contributed by atoms with E-state index in [2.05, 4.69) is 20.8 Å². The van der Waals surface area contributed by atoms with Crippen LogP contribution in [0.2, 0.25) is 0 Å². The summed E-state index contributed by atoms with van der Waals surface area (Å²) < 4.78 is 0. The van der Waals surface area contributed by atoms with Crippen molar-refractivity contribution in [2.24, 2.45) is 11.3 Å². The fraction of sp³-hybridized carbons (Fsp3) is 0.714. The van der Waals surface area contributed by atoms with Crippen molar-refractivity contribution in [1.29, 1.82) is 0 Å². The van der Waals surface area contributed by atoms with Crippen LogP contribution in [-0.2, 0) is 9.59 Å². The Morgan fingerprint density at radius 3 is 2.67 bits per heavy atom. The van der Waals surface area contributed by atoms with Crippen LogP contribution in [0, 0.1) is 11.3 Å². The maximum atomic E-state index is 11.9. The number of carboxylic acids is 1. The van der Waals surface area contributed by atoms with Crippen LogP contribution < -0.4 is 0 Å². The van der Waals surface area contributed by atoms with Crippen molar-refractivity contribution in [3.8, 4) is 0 Å². The molecule has 4 nitrogen and oxygen atoms in total. The summed E-state index contributed by atoms with van der Waals surface area (Å²) in [7, 11) is 0. The lowest BCUT2D eigenvalue weighted by Gasteiger charge is -2.29. The summed E-state index contributed by atoms with van der Waals surface area (Å²) in [6.07, 6.45) is 5.14. The van der Waals surface area contributed by atoms with Gasteiger partial charge in [-0.1, -0.05) is 26.8 Å². The molecule has 1 atom stereocenters. The van der Waals surface area contributed by atoms with E-state index in [0.29, 0.717) is 18.9 Å². The second-order valence-corrected chi connectivity index (χ2v) is 5.97. The number of carbonyl (C=O) groups excluding carboxylic acids is 1. The van der Waals surface area contributed by atoms with Crippen LogP contribution in [0.4, 0.5) is 0 Å². The molecule has 1 fully saturated rings. The molecule has 102 valence electrons. The van der Waals surface area contributed by atoms with Crippen LogP contribution in [0.15, 0.2) is 12.2 Å². The van der Waals surface area contributed by atoms with Gasteiger partial charge in [0.1, 0.15) is 0 Å². The number of carbonyl (C=O) groups is 2. The Bertz CT molecular complexity index is 341. The van der Waals surface area contributed by atoms with Gasteiger partial charge in [-0.2, -0.15) is 0 Å². The minimum Gasteiger partial charge on any atom is -0.478 e. The third-order valence-electron chi connectivity index (χ3n) is 3.62. The second-order valence-electron chi connectivity index (χ2n) is 5.97. The first-order valence-electron chi connectivity index (χ1n) is 6.48. The first-order valence-corrected chi connectivity index (χ1v) is 6.48. The molecule has 0 spiro atoms. The van der Waals surface area contributed by atoms with Crippen LogP contribution >= 0.6 is 0 Å². The summed E-state index contributed by atoms with van der Waals surface area (Å²) >= 11 is 0. The van der Waals surface area contributed by atoms with Gasteiger partial charge in [0.25, 0.3) is 0 Å². The Morgan fingerprint density at radius 2 is 2.11 bits per heavy atom. The van der Waals surface area contributed by atoms with E-state index in [1.54, 1.807) is 4.90 Å². The maximum absolute atomic E-state index is 11.9. The molecule has 4 heteroatoms. The monoisotopic (exact) mass is 253 g/mol. The van der Waals surface area contributed by atoms with E-state index < -0.39 is 5.97 Å². The number of nitrogens with zero attached hydrogens (tertiary/aromatic N) is 1. The Kier molecular flexibility index (Phi) is 4.93. The summed E-state index contributed by atoms with van der Waals surface area (Å²) in [6, 6.07) is 0. The van der Waals surface area contributed by atoms with Gasteiger partial charge >= 0.3 is 5.97 Å². The maximum Gasteiger partial charge on any atom is 0.328 e. The van der Waals surface area contributed by atoms with Gasteiger partial charge < -0.3 is 10.0 Å². The number of amides is 1. The van der Waals surface area contributed by atoms with E-state index in [4.69, 9.17) is 5.11 Å². The molecule has 1 N–H and O–H groups in total. The molecule has 18 heavy (non-hydrogen) atoms. The molecule has 0 aliphatic carbocycles. The smallest absolute Gasteiger partial charge is 0.328 e. The molecule has 0 aromatic heterocycles. The fourth-order valence-corrected chi connectivity index (χ4v) is 2.38. The summed E-state index contributed by atoms with van der Waals surface area (Å²) in [5.41, 5.74) is 0.229. The van der Waals surface area contributed by atoms with Crippen LogP contribution in [-0.4, -0.2) is 35.0 Å². The third-order valence-corrected chi connectivity index (χ3v) is 3.62. The van der Waals surface area contributed by atoms with Gasteiger partial charge in [0.05, 0.1) is 0 Å². The molecule has 1 rings (SSSR count). The molecule has 0 aromatic carbocycles. The topological polar surface area (TPSA) is 57.6 Å². The summed E-state index contributed by atoms with van der Waals surface area (Å²) in [5.74, 6) is -0.281. The molecule has 0 saturated carbocycles. The Morgan fingerprint density at radius 1 is 1.44 bits per heavy atom.